The first-order chi connectivity index (χ1) is 15.7. The van der Waals surface area contributed by atoms with Crippen molar-refractivity contribution in [2.75, 3.05) is 5.32 Å². The number of aliphatic hydroxyl groups is 1. The molecule has 0 aliphatic rings. The maximum absolute atomic E-state index is 14.1. The third kappa shape index (κ3) is 5.04. The Labute approximate surface area is 191 Å². The SMILES string of the molecule is CCn1c(CO)nn(-c2ccc(C(=O)Nc3c(F)cccc3Cl)c(OC(C)C(F)F)c2)c1=O. The minimum atomic E-state index is -2.87. The van der Waals surface area contributed by atoms with Gasteiger partial charge in [0.05, 0.1) is 22.0 Å². The van der Waals surface area contributed by atoms with Crippen molar-refractivity contribution in [1.82, 2.24) is 14.3 Å². The number of halogens is 4. The quantitative estimate of drug-likeness (QED) is 0.509. The van der Waals surface area contributed by atoms with Crippen molar-refractivity contribution in [3.8, 4) is 11.4 Å². The zero-order valence-electron chi connectivity index (χ0n) is 17.6. The smallest absolute Gasteiger partial charge is 0.350 e. The topological polar surface area (TPSA) is 98.4 Å². The molecule has 0 aliphatic heterocycles. The lowest BCUT2D eigenvalue weighted by Crippen LogP contribution is -2.25. The van der Waals surface area contributed by atoms with E-state index in [9.17, 15) is 27.9 Å². The number of rotatable bonds is 8. The van der Waals surface area contributed by atoms with Gasteiger partial charge >= 0.3 is 5.69 Å². The third-order valence-electron chi connectivity index (χ3n) is 4.72. The van der Waals surface area contributed by atoms with E-state index in [2.05, 4.69) is 10.4 Å². The second-order valence-electron chi connectivity index (χ2n) is 6.90. The molecule has 8 nitrogen and oxygen atoms in total. The highest BCUT2D eigenvalue weighted by Crippen LogP contribution is 2.29. The van der Waals surface area contributed by atoms with Crippen LogP contribution >= 0.6 is 11.6 Å². The van der Waals surface area contributed by atoms with E-state index in [0.717, 1.165) is 17.7 Å². The van der Waals surface area contributed by atoms with Gasteiger partial charge in [0.1, 0.15) is 18.2 Å². The number of ether oxygens (including phenoxy) is 1. The van der Waals surface area contributed by atoms with Gasteiger partial charge in [-0.25, -0.2) is 18.0 Å². The summed E-state index contributed by atoms with van der Waals surface area (Å²) >= 11 is 5.94. The number of carbonyl (C=O) groups is 1. The van der Waals surface area contributed by atoms with Gasteiger partial charge in [0.15, 0.2) is 11.9 Å². The Morgan fingerprint density at radius 2 is 2.03 bits per heavy atom. The summed E-state index contributed by atoms with van der Waals surface area (Å²) in [6.45, 7) is 2.54. The minimum Gasteiger partial charge on any atom is -0.484 e. The Bertz CT molecular complexity index is 1210. The molecular weight excluding hydrogens is 465 g/mol. The monoisotopic (exact) mass is 484 g/mol. The van der Waals surface area contributed by atoms with Crippen molar-refractivity contribution < 1.29 is 27.8 Å². The summed E-state index contributed by atoms with van der Waals surface area (Å²) in [5.74, 6) is -1.84. The Morgan fingerprint density at radius 3 is 2.61 bits per heavy atom. The number of nitrogens with one attached hydrogen (secondary N) is 1. The Balaban J connectivity index is 2.07. The minimum absolute atomic E-state index is 0.0587. The highest BCUT2D eigenvalue weighted by molar-refractivity contribution is 6.34. The molecule has 1 heterocycles. The summed E-state index contributed by atoms with van der Waals surface area (Å²) < 4.78 is 47.8. The van der Waals surface area contributed by atoms with Gasteiger partial charge < -0.3 is 15.2 Å². The van der Waals surface area contributed by atoms with Crippen molar-refractivity contribution in [3.05, 3.63) is 69.1 Å². The predicted molar refractivity (Wildman–Crippen MR) is 115 cm³/mol. The first-order valence-electron chi connectivity index (χ1n) is 9.82. The number of amides is 1. The molecule has 0 radical (unpaired) electrons. The molecule has 1 atom stereocenters. The number of alkyl halides is 2. The number of nitrogens with zero attached hydrogens (tertiary/aromatic N) is 3. The second kappa shape index (κ2) is 10.1. The maximum atomic E-state index is 14.1. The molecule has 0 aliphatic carbocycles. The van der Waals surface area contributed by atoms with Crippen LogP contribution in [0.1, 0.15) is 30.0 Å². The summed E-state index contributed by atoms with van der Waals surface area (Å²) in [6.07, 6.45) is -4.46. The van der Waals surface area contributed by atoms with E-state index in [1.165, 1.54) is 34.9 Å². The average molecular weight is 485 g/mol. The molecule has 1 unspecified atom stereocenters. The standard InChI is InChI=1S/C21H20ClF3N4O4/c1-3-28-17(10-30)27-29(21(28)32)12-7-8-13(16(9-12)33-11(2)19(24)25)20(31)26-18-14(22)5-4-6-15(18)23/h4-9,11,19,30H,3,10H2,1-2H3,(H,26,31). The molecule has 2 N–H and O–H groups in total. The predicted octanol–water partition coefficient (Wildman–Crippen LogP) is 3.62. The van der Waals surface area contributed by atoms with Crippen LogP contribution in [-0.2, 0) is 13.2 Å². The van der Waals surface area contributed by atoms with Gasteiger partial charge in [-0.3, -0.25) is 9.36 Å². The van der Waals surface area contributed by atoms with Crippen LogP contribution in [0.5, 0.6) is 5.75 Å². The number of aliphatic hydroxyl groups excluding tert-OH is 1. The molecule has 0 bridgehead atoms. The van der Waals surface area contributed by atoms with Gasteiger partial charge in [-0.15, -0.1) is 5.10 Å². The highest BCUT2D eigenvalue weighted by atomic mass is 35.5. The fraction of sp³-hybridized carbons (Fsp3) is 0.286. The van der Waals surface area contributed by atoms with Crippen LogP contribution < -0.4 is 15.7 Å². The van der Waals surface area contributed by atoms with Crippen molar-refractivity contribution in [3.63, 3.8) is 0 Å². The van der Waals surface area contributed by atoms with Crippen molar-refractivity contribution >= 4 is 23.2 Å². The van der Waals surface area contributed by atoms with Gasteiger partial charge in [-0.1, -0.05) is 17.7 Å². The molecular formula is C21H20ClF3N4O4. The summed E-state index contributed by atoms with van der Waals surface area (Å²) in [6, 6.07) is 7.57. The molecule has 0 spiro atoms. The molecule has 1 amide bonds. The number of hydrogen-bond acceptors (Lipinski definition) is 5. The second-order valence-corrected chi connectivity index (χ2v) is 7.31. The van der Waals surface area contributed by atoms with Gasteiger partial charge in [0.2, 0.25) is 0 Å². The summed E-state index contributed by atoms with van der Waals surface area (Å²) in [7, 11) is 0. The summed E-state index contributed by atoms with van der Waals surface area (Å²) in [4.78, 5) is 25.4. The van der Waals surface area contributed by atoms with Crippen LogP contribution in [0, 0.1) is 5.82 Å². The molecule has 0 saturated heterocycles. The lowest BCUT2D eigenvalue weighted by Gasteiger charge is -2.18. The molecule has 33 heavy (non-hydrogen) atoms. The summed E-state index contributed by atoms with van der Waals surface area (Å²) in [5.41, 5.74) is -0.953. The Morgan fingerprint density at radius 1 is 1.30 bits per heavy atom. The fourth-order valence-electron chi connectivity index (χ4n) is 3.02. The van der Waals surface area contributed by atoms with Crippen LogP contribution in [0.15, 0.2) is 41.2 Å². The van der Waals surface area contributed by atoms with E-state index in [4.69, 9.17) is 16.3 Å². The average Bonchev–Trinajstić information content (AvgIpc) is 3.11. The summed E-state index contributed by atoms with van der Waals surface area (Å²) in [5, 5.41) is 15.7. The van der Waals surface area contributed by atoms with E-state index in [1.54, 1.807) is 6.92 Å². The van der Waals surface area contributed by atoms with Gasteiger partial charge in [0.25, 0.3) is 12.3 Å². The molecule has 0 saturated carbocycles. The number of hydrogen-bond donors (Lipinski definition) is 2. The van der Waals surface area contributed by atoms with Crippen LogP contribution in [0.25, 0.3) is 5.69 Å². The van der Waals surface area contributed by atoms with Crippen molar-refractivity contribution in [2.45, 2.75) is 39.5 Å². The van der Waals surface area contributed by atoms with E-state index < -0.39 is 36.6 Å². The Kier molecular flexibility index (Phi) is 7.44. The van der Waals surface area contributed by atoms with Crippen molar-refractivity contribution in [1.29, 1.82) is 0 Å². The number of anilines is 1. The largest absolute Gasteiger partial charge is 0.484 e. The highest BCUT2D eigenvalue weighted by Gasteiger charge is 2.23. The van der Waals surface area contributed by atoms with E-state index >= 15 is 0 Å². The lowest BCUT2D eigenvalue weighted by molar-refractivity contribution is 0.0221. The van der Waals surface area contributed by atoms with Crippen LogP contribution in [0.4, 0.5) is 18.9 Å². The number of benzene rings is 2. The molecule has 1 aromatic heterocycles. The zero-order valence-corrected chi connectivity index (χ0v) is 18.3. The van der Waals surface area contributed by atoms with Gasteiger partial charge in [0, 0.05) is 12.6 Å². The van der Waals surface area contributed by atoms with Crippen LogP contribution in [-0.4, -0.2) is 37.9 Å². The number of aromatic nitrogens is 3. The van der Waals surface area contributed by atoms with E-state index in [0.29, 0.717) is 0 Å². The van der Waals surface area contributed by atoms with Crippen LogP contribution in [0.3, 0.4) is 0 Å². The first kappa shape index (κ1) is 24.3. The zero-order chi connectivity index (χ0) is 24.3. The normalized spacial score (nSPS) is 12.1. The van der Waals surface area contributed by atoms with Gasteiger partial charge in [-0.2, -0.15) is 4.68 Å². The first-order valence-corrected chi connectivity index (χ1v) is 10.2. The van der Waals surface area contributed by atoms with Gasteiger partial charge in [-0.05, 0) is 38.1 Å². The molecule has 12 heteroatoms. The van der Waals surface area contributed by atoms with Crippen molar-refractivity contribution in [2.24, 2.45) is 0 Å². The number of carbonyl (C=O) groups excluding carboxylic acids is 1. The third-order valence-corrected chi connectivity index (χ3v) is 5.04. The molecule has 3 aromatic rings. The molecule has 176 valence electrons. The Hall–Kier alpha value is -3.31. The fourth-order valence-corrected chi connectivity index (χ4v) is 3.23. The molecule has 2 aromatic carbocycles. The lowest BCUT2D eigenvalue weighted by atomic mass is 10.1. The molecule has 3 rings (SSSR count). The van der Waals surface area contributed by atoms with E-state index in [-0.39, 0.29) is 40.1 Å². The van der Waals surface area contributed by atoms with E-state index in [1.807, 2.05) is 0 Å². The van der Waals surface area contributed by atoms with Crippen LogP contribution in [0.2, 0.25) is 5.02 Å². The maximum Gasteiger partial charge on any atom is 0.350 e. The number of para-hydroxylation sites is 1. The molecule has 0 fully saturated rings.